The fourth-order valence-corrected chi connectivity index (χ4v) is 5.90. The van der Waals surface area contributed by atoms with E-state index in [1.165, 1.54) is 6.42 Å². The Morgan fingerprint density at radius 1 is 0.885 bits per heavy atom. The Hall–Kier alpha value is -1.44. The molecule has 3 saturated heterocycles. The lowest BCUT2D eigenvalue weighted by atomic mass is 10.1. The first kappa shape index (κ1) is 17.9. The minimum atomic E-state index is -3.44. The summed E-state index contributed by atoms with van der Waals surface area (Å²) in [5.41, 5.74) is 0.578. The summed E-state index contributed by atoms with van der Waals surface area (Å²) < 4.78 is 27.0. The molecule has 3 fully saturated rings. The molecule has 0 radical (unpaired) electrons. The molecule has 6 nitrogen and oxygen atoms in total. The first-order chi connectivity index (χ1) is 12.6. The number of hydrogen-bond acceptors (Lipinski definition) is 4. The molecule has 0 aliphatic carbocycles. The zero-order valence-electron chi connectivity index (χ0n) is 15.1. The quantitative estimate of drug-likeness (QED) is 0.806. The first-order valence-electron chi connectivity index (χ1n) is 9.69. The molecule has 3 heterocycles. The van der Waals surface area contributed by atoms with E-state index in [2.05, 4.69) is 4.90 Å². The summed E-state index contributed by atoms with van der Waals surface area (Å²) >= 11 is 0. The maximum Gasteiger partial charge on any atom is 0.253 e. The molecule has 0 aromatic heterocycles. The molecule has 7 heteroatoms. The highest BCUT2D eigenvalue weighted by atomic mass is 32.2. The van der Waals surface area contributed by atoms with E-state index < -0.39 is 10.0 Å². The van der Waals surface area contributed by atoms with Crippen molar-refractivity contribution in [3.05, 3.63) is 29.8 Å². The summed E-state index contributed by atoms with van der Waals surface area (Å²) in [7, 11) is -3.44. The van der Waals surface area contributed by atoms with Crippen molar-refractivity contribution in [2.75, 3.05) is 39.3 Å². The van der Waals surface area contributed by atoms with E-state index in [0.717, 1.165) is 51.9 Å². The fraction of sp³-hybridized carbons (Fsp3) is 0.632. The average Bonchev–Trinajstić information content (AvgIpc) is 3.16. The molecule has 1 aromatic carbocycles. The van der Waals surface area contributed by atoms with Gasteiger partial charge in [0.1, 0.15) is 0 Å². The lowest BCUT2D eigenvalue weighted by Crippen LogP contribution is -2.52. The molecule has 4 rings (SSSR count). The summed E-state index contributed by atoms with van der Waals surface area (Å²) in [6.07, 6.45) is 5.31. The topological polar surface area (TPSA) is 60.9 Å². The zero-order chi connectivity index (χ0) is 18.1. The van der Waals surface area contributed by atoms with Crippen molar-refractivity contribution in [1.29, 1.82) is 0 Å². The highest BCUT2D eigenvalue weighted by Crippen LogP contribution is 2.24. The monoisotopic (exact) mass is 377 g/mol. The van der Waals surface area contributed by atoms with Gasteiger partial charge >= 0.3 is 0 Å². The summed E-state index contributed by atoms with van der Waals surface area (Å²) in [6.45, 7) is 4.81. The minimum absolute atomic E-state index is 0.0125. The van der Waals surface area contributed by atoms with Gasteiger partial charge in [0.05, 0.1) is 4.90 Å². The number of hydrogen-bond donors (Lipinski definition) is 0. The largest absolute Gasteiger partial charge is 0.336 e. The van der Waals surface area contributed by atoms with Crippen LogP contribution in [-0.2, 0) is 10.0 Å². The van der Waals surface area contributed by atoms with Crippen molar-refractivity contribution in [2.24, 2.45) is 0 Å². The number of carbonyl (C=O) groups excluding carboxylic acids is 1. The third-order valence-corrected chi connectivity index (χ3v) is 7.84. The van der Waals surface area contributed by atoms with E-state index in [1.807, 2.05) is 4.90 Å². The number of rotatable bonds is 3. The van der Waals surface area contributed by atoms with E-state index >= 15 is 0 Å². The lowest BCUT2D eigenvalue weighted by Gasteiger charge is -2.37. The van der Waals surface area contributed by atoms with Crippen LogP contribution in [0.25, 0.3) is 0 Å². The van der Waals surface area contributed by atoms with E-state index in [4.69, 9.17) is 0 Å². The molecule has 0 saturated carbocycles. The van der Waals surface area contributed by atoms with Gasteiger partial charge < -0.3 is 4.90 Å². The van der Waals surface area contributed by atoms with Crippen molar-refractivity contribution < 1.29 is 13.2 Å². The van der Waals surface area contributed by atoms with Gasteiger partial charge in [-0.05, 0) is 56.5 Å². The van der Waals surface area contributed by atoms with Crippen molar-refractivity contribution in [2.45, 2.75) is 43.0 Å². The Labute approximate surface area is 155 Å². The Morgan fingerprint density at radius 3 is 2.35 bits per heavy atom. The summed E-state index contributed by atoms with van der Waals surface area (Å²) in [4.78, 5) is 17.5. The van der Waals surface area contributed by atoms with Gasteiger partial charge in [-0.15, -0.1) is 0 Å². The Morgan fingerprint density at radius 2 is 1.62 bits per heavy atom. The summed E-state index contributed by atoms with van der Waals surface area (Å²) in [6, 6.07) is 7.00. The molecule has 0 bridgehead atoms. The normalized spacial score (nSPS) is 25.2. The van der Waals surface area contributed by atoms with Crippen LogP contribution >= 0.6 is 0 Å². The van der Waals surface area contributed by atoms with Crippen LogP contribution in [0.5, 0.6) is 0 Å². The van der Waals surface area contributed by atoms with Crippen molar-refractivity contribution in [3.63, 3.8) is 0 Å². The number of piperidine rings is 1. The van der Waals surface area contributed by atoms with Gasteiger partial charge in [0.2, 0.25) is 10.0 Å². The van der Waals surface area contributed by atoms with Crippen LogP contribution in [-0.4, -0.2) is 73.7 Å². The average molecular weight is 378 g/mol. The molecule has 0 spiro atoms. The number of piperazine rings is 1. The van der Waals surface area contributed by atoms with Gasteiger partial charge in [-0.1, -0.05) is 6.42 Å². The van der Waals surface area contributed by atoms with Crippen molar-refractivity contribution in [1.82, 2.24) is 14.1 Å². The van der Waals surface area contributed by atoms with Gasteiger partial charge in [-0.2, -0.15) is 4.31 Å². The summed E-state index contributed by atoms with van der Waals surface area (Å²) in [5, 5.41) is 0. The summed E-state index contributed by atoms with van der Waals surface area (Å²) in [5.74, 6) is 0.0125. The molecular formula is C19H27N3O3S. The van der Waals surface area contributed by atoms with E-state index in [-0.39, 0.29) is 10.8 Å². The maximum atomic E-state index is 12.8. The maximum absolute atomic E-state index is 12.8. The predicted octanol–water partition coefficient (Wildman–Crippen LogP) is 1.78. The number of sulfonamides is 1. The lowest BCUT2D eigenvalue weighted by molar-refractivity contribution is 0.0571. The van der Waals surface area contributed by atoms with E-state index in [9.17, 15) is 13.2 Å². The smallest absolute Gasteiger partial charge is 0.253 e. The molecule has 1 unspecified atom stereocenters. The second-order valence-corrected chi connectivity index (χ2v) is 9.51. The standard InChI is InChI=1S/C19H27N3O3S/c23-19(21-14-13-20-10-4-5-17(20)15-21)16-6-8-18(9-7-16)26(24,25)22-11-2-1-3-12-22/h6-9,17H,1-5,10-15H2. The number of fused-ring (bicyclic) bond motifs is 1. The van der Waals surface area contributed by atoms with Crippen LogP contribution in [0.2, 0.25) is 0 Å². The van der Waals surface area contributed by atoms with Crippen LogP contribution in [0, 0.1) is 0 Å². The molecule has 1 amide bonds. The van der Waals surface area contributed by atoms with Crippen LogP contribution in [0.1, 0.15) is 42.5 Å². The SMILES string of the molecule is O=C(c1ccc(S(=O)(=O)N2CCCCC2)cc1)N1CCN2CCCC2C1. The molecule has 3 aliphatic rings. The number of carbonyl (C=O) groups is 1. The highest BCUT2D eigenvalue weighted by molar-refractivity contribution is 7.89. The molecular weight excluding hydrogens is 350 g/mol. The number of benzene rings is 1. The number of nitrogens with zero attached hydrogens (tertiary/aromatic N) is 3. The minimum Gasteiger partial charge on any atom is -0.336 e. The van der Waals surface area contributed by atoms with Crippen molar-refractivity contribution in [3.8, 4) is 0 Å². The van der Waals surface area contributed by atoms with E-state index in [1.54, 1.807) is 28.6 Å². The number of amides is 1. The van der Waals surface area contributed by atoms with Crippen LogP contribution in [0.4, 0.5) is 0 Å². The zero-order valence-corrected chi connectivity index (χ0v) is 16.0. The first-order valence-corrected chi connectivity index (χ1v) is 11.1. The van der Waals surface area contributed by atoms with Crippen LogP contribution < -0.4 is 0 Å². The van der Waals surface area contributed by atoms with Gasteiger partial charge in [0.25, 0.3) is 5.91 Å². The molecule has 1 aromatic rings. The Kier molecular flexibility index (Phi) is 5.03. The Bertz CT molecular complexity index is 757. The van der Waals surface area contributed by atoms with E-state index in [0.29, 0.717) is 24.7 Å². The van der Waals surface area contributed by atoms with Gasteiger partial charge in [-0.25, -0.2) is 8.42 Å². The fourth-order valence-electron chi connectivity index (χ4n) is 4.38. The molecule has 26 heavy (non-hydrogen) atoms. The van der Waals surface area contributed by atoms with Gasteiger partial charge in [-0.3, -0.25) is 9.69 Å². The predicted molar refractivity (Wildman–Crippen MR) is 99.6 cm³/mol. The second kappa shape index (κ2) is 7.29. The molecule has 0 N–H and O–H groups in total. The van der Waals surface area contributed by atoms with Crippen LogP contribution in [0.3, 0.4) is 0 Å². The third kappa shape index (κ3) is 3.40. The molecule has 3 aliphatic heterocycles. The van der Waals surface area contributed by atoms with Crippen LogP contribution in [0.15, 0.2) is 29.2 Å². The second-order valence-electron chi connectivity index (χ2n) is 7.57. The Balaban J connectivity index is 1.46. The third-order valence-electron chi connectivity index (χ3n) is 5.93. The molecule has 142 valence electrons. The van der Waals surface area contributed by atoms with Crippen molar-refractivity contribution >= 4 is 15.9 Å². The van der Waals surface area contributed by atoms with Gasteiger partial charge in [0.15, 0.2) is 0 Å². The highest BCUT2D eigenvalue weighted by Gasteiger charge is 2.33. The molecule has 1 atom stereocenters. The van der Waals surface area contributed by atoms with Gasteiger partial charge in [0, 0.05) is 44.3 Å².